The van der Waals surface area contributed by atoms with Gasteiger partial charge in [0.25, 0.3) is 0 Å². The first-order chi connectivity index (χ1) is 15.1. The summed E-state index contributed by atoms with van der Waals surface area (Å²) in [5.41, 5.74) is 5.29. The van der Waals surface area contributed by atoms with Crippen LogP contribution in [0.5, 0.6) is 5.75 Å². The molecule has 2 aromatic rings. The summed E-state index contributed by atoms with van der Waals surface area (Å²) in [6.07, 6.45) is 2.89. The lowest BCUT2D eigenvalue weighted by molar-refractivity contribution is 0.0697. The quantitative estimate of drug-likeness (QED) is 0.374. The van der Waals surface area contributed by atoms with Crippen molar-refractivity contribution in [2.75, 3.05) is 13.2 Å². The standard InChI is InChI=1S/C27H35NO4/c1-7-9-14-32-28-24-17-26(3,4)21-15-20(18-10-12-19(13-11-18)25(29)30)23(31-8-2)16-22(21)27(24,5)6/h10-13,15-16H,7-9,14,17H2,1-6H3,(H,29,30). The molecule has 0 fully saturated rings. The van der Waals surface area contributed by atoms with Gasteiger partial charge in [-0.1, -0.05) is 58.3 Å². The Morgan fingerprint density at radius 1 is 1.06 bits per heavy atom. The number of hydrogen-bond donors (Lipinski definition) is 1. The molecule has 172 valence electrons. The predicted molar refractivity (Wildman–Crippen MR) is 129 cm³/mol. The molecule has 32 heavy (non-hydrogen) atoms. The van der Waals surface area contributed by atoms with Gasteiger partial charge in [0.05, 0.1) is 17.9 Å². The Labute approximate surface area is 191 Å². The van der Waals surface area contributed by atoms with Gasteiger partial charge in [-0.2, -0.15) is 0 Å². The van der Waals surface area contributed by atoms with Crippen molar-refractivity contribution in [1.82, 2.24) is 0 Å². The Bertz CT molecular complexity index is 1000. The highest BCUT2D eigenvalue weighted by Crippen LogP contribution is 2.48. The van der Waals surface area contributed by atoms with Gasteiger partial charge in [-0.05, 0) is 66.1 Å². The van der Waals surface area contributed by atoms with Crippen molar-refractivity contribution in [3.8, 4) is 16.9 Å². The molecule has 0 spiro atoms. The normalized spacial score (nSPS) is 17.6. The molecule has 0 atom stereocenters. The number of ether oxygens (including phenoxy) is 1. The molecule has 0 amide bonds. The second-order valence-corrected chi connectivity index (χ2v) is 9.62. The number of oxime groups is 1. The molecule has 0 heterocycles. The fraction of sp³-hybridized carbons (Fsp3) is 0.481. The summed E-state index contributed by atoms with van der Waals surface area (Å²) in [6.45, 7) is 14.2. The van der Waals surface area contributed by atoms with Crippen molar-refractivity contribution in [3.63, 3.8) is 0 Å². The summed E-state index contributed by atoms with van der Waals surface area (Å²) in [6, 6.07) is 11.3. The number of nitrogens with zero attached hydrogens (tertiary/aromatic N) is 1. The van der Waals surface area contributed by atoms with E-state index in [0.29, 0.717) is 13.2 Å². The molecule has 1 aliphatic carbocycles. The van der Waals surface area contributed by atoms with Crippen LogP contribution < -0.4 is 4.74 Å². The number of unbranched alkanes of at least 4 members (excludes halogenated alkanes) is 1. The number of carboxylic acids is 1. The van der Waals surface area contributed by atoms with E-state index in [9.17, 15) is 9.90 Å². The molecule has 3 rings (SSSR count). The molecule has 0 unspecified atom stereocenters. The minimum absolute atomic E-state index is 0.127. The van der Waals surface area contributed by atoms with Gasteiger partial charge < -0.3 is 14.7 Å². The fourth-order valence-electron chi connectivity index (χ4n) is 4.32. The third-order valence-corrected chi connectivity index (χ3v) is 6.36. The number of carbonyl (C=O) groups is 1. The Hall–Kier alpha value is -2.82. The van der Waals surface area contributed by atoms with Crippen molar-refractivity contribution in [2.45, 2.75) is 71.6 Å². The summed E-state index contributed by atoms with van der Waals surface area (Å²) in [4.78, 5) is 16.9. The number of rotatable bonds is 8. The van der Waals surface area contributed by atoms with Crippen molar-refractivity contribution >= 4 is 11.7 Å². The lowest BCUT2D eigenvalue weighted by Gasteiger charge is -2.43. The van der Waals surface area contributed by atoms with Crippen LogP contribution in [-0.2, 0) is 15.7 Å². The summed E-state index contributed by atoms with van der Waals surface area (Å²) < 4.78 is 6.06. The summed E-state index contributed by atoms with van der Waals surface area (Å²) in [7, 11) is 0. The minimum atomic E-state index is -0.928. The van der Waals surface area contributed by atoms with E-state index in [1.807, 2.05) is 19.1 Å². The Kier molecular flexibility index (Phi) is 6.97. The van der Waals surface area contributed by atoms with Gasteiger partial charge in [0.1, 0.15) is 12.4 Å². The van der Waals surface area contributed by atoms with E-state index in [1.165, 1.54) is 11.1 Å². The van der Waals surface area contributed by atoms with E-state index >= 15 is 0 Å². The van der Waals surface area contributed by atoms with Crippen LogP contribution in [0.15, 0.2) is 41.6 Å². The molecule has 2 aromatic carbocycles. The van der Waals surface area contributed by atoms with E-state index in [4.69, 9.17) is 9.57 Å². The predicted octanol–water partition coefficient (Wildman–Crippen LogP) is 6.58. The Morgan fingerprint density at radius 2 is 1.75 bits per heavy atom. The van der Waals surface area contributed by atoms with Crippen LogP contribution in [0.1, 0.15) is 82.3 Å². The largest absolute Gasteiger partial charge is 0.493 e. The SMILES string of the molecule is CCCCON=C1CC(C)(C)c2cc(-c3ccc(C(=O)O)cc3)c(OCC)cc2C1(C)C. The zero-order chi connectivity index (χ0) is 23.5. The average Bonchev–Trinajstić information content (AvgIpc) is 2.75. The zero-order valence-corrected chi connectivity index (χ0v) is 20.1. The van der Waals surface area contributed by atoms with Gasteiger partial charge in [-0.3, -0.25) is 0 Å². The second-order valence-electron chi connectivity index (χ2n) is 9.62. The van der Waals surface area contributed by atoms with E-state index in [1.54, 1.807) is 12.1 Å². The maximum absolute atomic E-state index is 11.3. The van der Waals surface area contributed by atoms with Gasteiger partial charge in [-0.25, -0.2) is 4.79 Å². The smallest absolute Gasteiger partial charge is 0.335 e. The third-order valence-electron chi connectivity index (χ3n) is 6.36. The maximum atomic E-state index is 11.3. The fourth-order valence-corrected chi connectivity index (χ4v) is 4.32. The van der Waals surface area contributed by atoms with Crippen LogP contribution in [0, 0.1) is 0 Å². The first kappa shape index (κ1) is 23.8. The van der Waals surface area contributed by atoms with Crippen LogP contribution >= 0.6 is 0 Å². The molecule has 0 saturated carbocycles. The monoisotopic (exact) mass is 437 g/mol. The van der Waals surface area contributed by atoms with Crippen molar-refractivity contribution in [1.29, 1.82) is 0 Å². The lowest BCUT2D eigenvalue weighted by Crippen LogP contribution is -2.42. The molecule has 0 radical (unpaired) electrons. The number of benzene rings is 2. The molecule has 0 bridgehead atoms. The Morgan fingerprint density at radius 3 is 2.34 bits per heavy atom. The van der Waals surface area contributed by atoms with Gasteiger partial charge in [0, 0.05) is 11.0 Å². The van der Waals surface area contributed by atoms with E-state index in [-0.39, 0.29) is 16.4 Å². The highest BCUT2D eigenvalue weighted by molar-refractivity contribution is 5.98. The summed E-state index contributed by atoms with van der Waals surface area (Å²) >= 11 is 0. The third kappa shape index (κ3) is 4.67. The molecule has 1 aliphatic rings. The van der Waals surface area contributed by atoms with Crippen molar-refractivity contribution in [2.24, 2.45) is 5.16 Å². The topological polar surface area (TPSA) is 68.1 Å². The molecule has 0 saturated heterocycles. The first-order valence-corrected chi connectivity index (χ1v) is 11.5. The molecule has 5 nitrogen and oxygen atoms in total. The summed E-state index contributed by atoms with van der Waals surface area (Å²) in [5, 5.41) is 13.8. The van der Waals surface area contributed by atoms with Gasteiger partial charge in [0.2, 0.25) is 0 Å². The number of carboxylic acid groups (broad SMARTS) is 1. The van der Waals surface area contributed by atoms with Crippen LogP contribution in [0.3, 0.4) is 0 Å². The number of fused-ring (bicyclic) bond motifs is 1. The second kappa shape index (κ2) is 9.35. The summed E-state index contributed by atoms with van der Waals surface area (Å²) in [5.74, 6) is -0.130. The van der Waals surface area contributed by atoms with Crippen LogP contribution in [0.25, 0.3) is 11.1 Å². The average molecular weight is 438 g/mol. The highest BCUT2D eigenvalue weighted by atomic mass is 16.6. The molecule has 1 N–H and O–H groups in total. The first-order valence-electron chi connectivity index (χ1n) is 11.5. The van der Waals surface area contributed by atoms with Gasteiger partial charge >= 0.3 is 5.97 Å². The molecule has 0 aliphatic heterocycles. The molecule has 5 heteroatoms. The van der Waals surface area contributed by atoms with Gasteiger partial charge in [-0.15, -0.1) is 0 Å². The van der Waals surface area contributed by atoms with Crippen LogP contribution in [0.4, 0.5) is 0 Å². The van der Waals surface area contributed by atoms with E-state index in [2.05, 4.69) is 51.9 Å². The van der Waals surface area contributed by atoms with Gasteiger partial charge in [0.15, 0.2) is 0 Å². The minimum Gasteiger partial charge on any atom is -0.493 e. The number of hydrogen-bond acceptors (Lipinski definition) is 4. The van der Waals surface area contributed by atoms with E-state index < -0.39 is 5.97 Å². The zero-order valence-electron chi connectivity index (χ0n) is 20.1. The lowest BCUT2D eigenvalue weighted by atomic mass is 9.61. The van der Waals surface area contributed by atoms with E-state index in [0.717, 1.165) is 41.9 Å². The van der Waals surface area contributed by atoms with Crippen LogP contribution in [0.2, 0.25) is 0 Å². The maximum Gasteiger partial charge on any atom is 0.335 e. The number of aromatic carboxylic acids is 1. The van der Waals surface area contributed by atoms with Crippen molar-refractivity contribution < 1.29 is 19.5 Å². The Balaban J connectivity index is 2.12. The highest BCUT2D eigenvalue weighted by Gasteiger charge is 2.43. The molecular formula is C27H35NO4. The molecule has 0 aromatic heterocycles. The molecular weight excluding hydrogens is 402 g/mol. The van der Waals surface area contributed by atoms with Crippen LogP contribution in [-0.4, -0.2) is 30.0 Å². The van der Waals surface area contributed by atoms with Crippen molar-refractivity contribution in [3.05, 3.63) is 53.1 Å².